The number of nitrogens with one attached hydrogen (secondary N) is 3. The first kappa shape index (κ1) is 16.0. The minimum absolute atomic E-state index is 0.472. The molecule has 1 saturated carbocycles. The molecule has 6 nitrogen and oxygen atoms in total. The Hall–Kier alpha value is -1.89. The molecule has 122 valence electrons. The Kier molecular flexibility index (Phi) is 4.95. The van der Waals surface area contributed by atoms with Crippen LogP contribution in [-0.2, 0) is 6.54 Å². The van der Waals surface area contributed by atoms with Gasteiger partial charge in [0.2, 0.25) is 0 Å². The smallest absolute Gasteiger partial charge is 0.191 e. The normalized spacial score (nSPS) is 20.4. The molecule has 1 heterocycles. The lowest BCUT2D eigenvalue weighted by atomic mass is 10.2. The number of aliphatic imine (C=N–C) groups is 1. The van der Waals surface area contributed by atoms with Gasteiger partial charge in [0, 0.05) is 22.6 Å². The van der Waals surface area contributed by atoms with Crippen LogP contribution in [0.3, 0.4) is 0 Å². The molecule has 1 aromatic carbocycles. The van der Waals surface area contributed by atoms with Gasteiger partial charge in [-0.2, -0.15) is 5.10 Å². The first-order chi connectivity index (χ1) is 11.2. The molecule has 0 amide bonds. The summed E-state index contributed by atoms with van der Waals surface area (Å²) < 4.78 is 1.04. The van der Waals surface area contributed by atoms with Crippen molar-refractivity contribution in [2.24, 2.45) is 10.9 Å². The number of H-pyrrole nitrogens is 1. The van der Waals surface area contributed by atoms with Crippen molar-refractivity contribution in [2.75, 3.05) is 6.54 Å². The van der Waals surface area contributed by atoms with Gasteiger partial charge in [0.15, 0.2) is 11.8 Å². The SMILES string of the molecule is CCNC(=NCc1nc(-c2ccc(Br)cc2)n[nH]1)NC1CC1C. The molecule has 1 aliphatic rings. The van der Waals surface area contributed by atoms with E-state index in [-0.39, 0.29) is 0 Å². The summed E-state index contributed by atoms with van der Waals surface area (Å²) in [5.41, 5.74) is 0.983. The van der Waals surface area contributed by atoms with Crippen LogP contribution in [-0.4, -0.2) is 33.7 Å². The first-order valence-corrected chi connectivity index (χ1v) is 8.67. The van der Waals surface area contributed by atoms with Crippen molar-refractivity contribution in [3.63, 3.8) is 0 Å². The molecule has 0 saturated heterocycles. The summed E-state index contributed by atoms with van der Waals surface area (Å²) in [5, 5.41) is 13.9. The van der Waals surface area contributed by atoms with E-state index in [9.17, 15) is 0 Å². The third kappa shape index (κ3) is 4.31. The number of benzene rings is 1. The Morgan fingerprint density at radius 2 is 2.13 bits per heavy atom. The van der Waals surface area contributed by atoms with Gasteiger partial charge in [0.05, 0.1) is 0 Å². The van der Waals surface area contributed by atoms with Crippen molar-refractivity contribution in [3.05, 3.63) is 34.6 Å². The molecular formula is C16H21BrN6. The van der Waals surface area contributed by atoms with Crippen molar-refractivity contribution in [1.82, 2.24) is 25.8 Å². The second-order valence-corrected chi connectivity index (χ2v) is 6.69. The molecule has 0 aliphatic heterocycles. The summed E-state index contributed by atoms with van der Waals surface area (Å²) in [6.07, 6.45) is 1.21. The Morgan fingerprint density at radius 3 is 2.78 bits per heavy atom. The molecule has 1 fully saturated rings. The molecule has 0 radical (unpaired) electrons. The molecule has 1 aromatic heterocycles. The van der Waals surface area contributed by atoms with E-state index >= 15 is 0 Å². The second kappa shape index (κ2) is 7.12. The highest BCUT2D eigenvalue weighted by Gasteiger charge is 2.33. The number of hydrogen-bond donors (Lipinski definition) is 3. The van der Waals surface area contributed by atoms with E-state index in [1.807, 2.05) is 24.3 Å². The minimum atomic E-state index is 0.472. The molecule has 23 heavy (non-hydrogen) atoms. The average Bonchev–Trinajstić information content (AvgIpc) is 3.04. The van der Waals surface area contributed by atoms with E-state index in [0.717, 1.165) is 34.3 Å². The van der Waals surface area contributed by atoms with Crippen LogP contribution in [0.15, 0.2) is 33.7 Å². The molecule has 1 aliphatic carbocycles. The van der Waals surface area contributed by atoms with Crippen molar-refractivity contribution < 1.29 is 0 Å². The fraction of sp³-hybridized carbons (Fsp3) is 0.438. The van der Waals surface area contributed by atoms with Crippen LogP contribution >= 0.6 is 15.9 Å². The van der Waals surface area contributed by atoms with E-state index in [2.05, 4.69) is 60.6 Å². The van der Waals surface area contributed by atoms with Gasteiger partial charge in [-0.15, -0.1) is 0 Å². The largest absolute Gasteiger partial charge is 0.357 e. The lowest BCUT2D eigenvalue weighted by Crippen LogP contribution is -2.39. The van der Waals surface area contributed by atoms with Crippen LogP contribution in [0.1, 0.15) is 26.1 Å². The fourth-order valence-corrected chi connectivity index (χ4v) is 2.53. The molecule has 3 N–H and O–H groups in total. The molecule has 2 unspecified atom stereocenters. The number of nitrogens with zero attached hydrogens (tertiary/aromatic N) is 3. The molecule has 0 bridgehead atoms. The summed E-state index contributed by atoms with van der Waals surface area (Å²) in [6, 6.07) is 8.47. The number of halogens is 1. The lowest BCUT2D eigenvalue weighted by Gasteiger charge is -2.09. The fourth-order valence-electron chi connectivity index (χ4n) is 2.27. The maximum atomic E-state index is 4.57. The average molecular weight is 377 g/mol. The highest BCUT2D eigenvalue weighted by Crippen LogP contribution is 2.28. The monoisotopic (exact) mass is 376 g/mol. The topological polar surface area (TPSA) is 78.0 Å². The third-order valence-electron chi connectivity index (χ3n) is 3.80. The van der Waals surface area contributed by atoms with Crippen LogP contribution in [0, 0.1) is 5.92 Å². The number of rotatable bonds is 5. The van der Waals surface area contributed by atoms with Crippen LogP contribution in [0.4, 0.5) is 0 Å². The van der Waals surface area contributed by atoms with Gasteiger partial charge in [-0.05, 0) is 31.4 Å². The van der Waals surface area contributed by atoms with Gasteiger partial charge in [0.25, 0.3) is 0 Å². The number of guanidine groups is 1. The molecular weight excluding hydrogens is 356 g/mol. The van der Waals surface area contributed by atoms with Crippen LogP contribution in [0.25, 0.3) is 11.4 Å². The summed E-state index contributed by atoms with van der Waals surface area (Å²) >= 11 is 3.43. The van der Waals surface area contributed by atoms with Crippen LogP contribution < -0.4 is 10.6 Å². The summed E-state index contributed by atoms with van der Waals surface area (Å²) in [6.45, 7) is 5.61. The number of aromatic amines is 1. The maximum absolute atomic E-state index is 4.57. The predicted octanol–water partition coefficient (Wildman–Crippen LogP) is 2.70. The zero-order chi connectivity index (χ0) is 16.2. The zero-order valence-corrected chi connectivity index (χ0v) is 14.9. The van der Waals surface area contributed by atoms with E-state index in [0.29, 0.717) is 18.4 Å². The Balaban J connectivity index is 1.65. The van der Waals surface area contributed by atoms with Gasteiger partial charge in [-0.1, -0.05) is 35.0 Å². The van der Waals surface area contributed by atoms with Crippen molar-refractivity contribution in [3.8, 4) is 11.4 Å². The Bertz CT molecular complexity index is 678. The second-order valence-electron chi connectivity index (χ2n) is 5.77. The number of hydrogen-bond acceptors (Lipinski definition) is 3. The zero-order valence-electron chi connectivity index (χ0n) is 13.3. The lowest BCUT2D eigenvalue weighted by molar-refractivity contribution is 0.762. The van der Waals surface area contributed by atoms with Gasteiger partial charge in [-0.3, -0.25) is 5.10 Å². The highest BCUT2D eigenvalue weighted by molar-refractivity contribution is 9.10. The standard InChI is InChI=1S/C16H21BrN6/c1-3-18-16(20-13-8-10(13)2)19-9-14-21-15(23-22-14)11-4-6-12(17)7-5-11/h4-7,10,13H,3,8-9H2,1-2H3,(H2,18,19,20)(H,21,22,23). The Labute approximate surface area is 144 Å². The minimum Gasteiger partial charge on any atom is -0.357 e. The van der Waals surface area contributed by atoms with Crippen LogP contribution in [0.2, 0.25) is 0 Å². The van der Waals surface area contributed by atoms with E-state index < -0.39 is 0 Å². The van der Waals surface area contributed by atoms with Gasteiger partial charge < -0.3 is 10.6 Å². The highest BCUT2D eigenvalue weighted by atomic mass is 79.9. The van der Waals surface area contributed by atoms with E-state index in [4.69, 9.17) is 0 Å². The van der Waals surface area contributed by atoms with Gasteiger partial charge >= 0.3 is 0 Å². The van der Waals surface area contributed by atoms with Crippen molar-refractivity contribution >= 4 is 21.9 Å². The molecule has 2 aromatic rings. The van der Waals surface area contributed by atoms with Gasteiger partial charge in [-0.25, -0.2) is 9.98 Å². The third-order valence-corrected chi connectivity index (χ3v) is 4.33. The maximum Gasteiger partial charge on any atom is 0.191 e. The molecule has 3 rings (SSSR count). The summed E-state index contributed by atoms with van der Waals surface area (Å²) in [7, 11) is 0. The van der Waals surface area contributed by atoms with Crippen molar-refractivity contribution in [1.29, 1.82) is 0 Å². The molecule has 0 spiro atoms. The van der Waals surface area contributed by atoms with E-state index in [1.165, 1.54) is 6.42 Å². The van der Waals surface area contributed by atoms with Crippen molar-refractivity contribution in [2.45, 2.75) is 32.9 Å². The summed E-state index contributed by atoms with van der Waals surface area (Å²) in [5.74, 6) is 3.01. The quantitative estimate of drug-likeness (QED) is 0.553. The first-order valence-electron chi connectivity index (χ1n) is 7.87. The molecule has 7 heteroatoms. The number of aromatic nitrogens is 3. The molecule has 2 atom stereocenters. The van der Waals surface area contributed by atoms with E-state index in [1.54, 1.807) is 0 Å². The van der Waals surface area contributed by atoms with Gasteiger partial charge in [0.1, 0.15) is 12.4 Å². The Morgan fingerprint density at radius 1 is 1.39 bits per heavy atom. The van der Waals surface area contributed by atoms with Crippen LogP contribution in [0.5, 0.6) is 0 Å². The summed E-state index contributed by atoms with van der Waals surface area (Å²) in [4.78, 5) is 9.08. The predicted molar refractivity (Wildman–Crippen MR) is 95.0 cm³/mol.